The normalized spacial score (nSPS) is 10.3. The summed E-state index contributed by atoms with van der Waals surface area (Å²) in [6.07, 6.45) is 0. The standard InChI is InChI=1S/C21H19NO4S/c1-3-26-21(24)15-4-8-17(9-5-15)22-20(23)19-12-16(13-27-19)14-6-10-18(25-2)11-7-14/h4-13H,3H2,1-2H3,(H,22,23). The predicted molar refractivity (Wildman–Crippen MR) is 107 cm³/mol. The summed E-state index contributed by atoms with van der Waals surface area (Å²) in [6, 6.07) is 16.2. The van der Waals surface area contributed by atoms with E-state index in [0.717, 1.165) is 16.9 Å². The highest BCUT2D eigenvalue weighted by Crippen LogP contribution is 2.27. The van der Waals surface area contributed by atoms with E-state index >= 15 is 0 Å². The molecule has 0 bridgehead atoms. The van der Waals surface area contributed by atoms with E-state index in [0.29, 0.717) is 22.7 Å². The Labute approximate surface area is 161 Å². The third kappa shape index (κ3) is 4.54. The second kappa shape index (κ2) is 8.51. The van der Waals surface area contributed by atoms with Gasteiger partial charge in [0, 0.05) is 5.69 Å². The van der Waals surface area contributed by atoms with Crippen molar-refractivity contribution in [2.75, 3.05) is 19.0 Å². The molecule has 3 aromatic rings. The van der Waals surface area contributed by atoms with E-state index in [1.165, 1.54) is 11.3 Å². The number of methoxy groups -OCH3 is 1. The lowest BCUT2D eigenvalue weighted by Crippen LogP contribution is -2.10. The maximum Gasteiger partial charge on any atom is 0.338 e. The number of hydrogen-bond donors (Lipinski definition) is 1. The van der Waals surface area contributed by atoms with Gasteiger partial charge in [0.2, 0.25) is 0 Å². The lowest BCUT2D eigenvalue weighted by Gasteiger charge is -2.05. The lowest BCUT2D eigenvalue weighted by atomic mass is 10.1. The quantitative estimate of drug-likeness (QED) is 0.620. The maximum absolute atomic E-state index is 12.5. The molecule has 2 aromatic carbocycles. The van der Waals surface area contributed by atoms with Gasteiger partial charge in [-0.1, -0.05) is 12.1 Å². The number of amides is 1. The molecule has 0 spiro atoms. The molecule has 0 aliphatic rings. The van der Waals surface area contributed by atoms with Crippen LogP contribution in [0.25, 0.3) is 11.1 Å². The van der Waals surface area contributed by atoms with Gasteiger partial charge in [-0.05, 0) is 65.9 Å². The van der Waals surface area contributed by atoms with Crippen molar-refractivity contribution in [2.24, 2.45) is 0 Å². The minimum Gasteiger partial charge on any atom is -0.497 e. The molecule has 5 nitrogen and oxygen atoms in total. The zero-order valence-electron chi connectivity index (χ0n) is 15.0. The first-order chi connectivity index (χ1) is 13.1. The fourth-order valence-corrected chi connectivity index (χ4v) is 3.30. The molecule has 3 rings (SSSR count). The molecule has 138 valence electrons. The van der Waals surface area contributed by atoms with Crippen LogP contribution in [0.2, 0.25) is 0 Å². The van der Waals surface area contributed by atoms with Gasteiger partial charge in [-0.25, -0.2) is 4.79 Å². The van der Waals surface area contributed by atoms with E-state index in [1.807, 2.05) is 35.7 Å². The molecular weight excluding hydrogens is 362 g/mol. The lowest BCUT2D eigenvalue weighted by molar-refractivity contribution is 0.0526. The molecule has 0 atom stereocenters. The summed E-state index contributed by atoms with van der Waals surface area (Å²) in [5.74, 6) is 0.222. The Balaban J connectivity index is 1.68. The molecule has 0 unspecified atom stereocenters. The molecule has 0 saturated heterocycles. The number of anilines is 1. The number of nitrogens with one attached hydrogen (secondary N) is 1. The molecule has 1 heterocycles. The summed E-state index contributed by atoms with van der Waals surface area (Å²) in [5.41, 5.74) is 3.07. The molecular formula is C21H19NO4S. The van der Waals surface area contributed by atoms with Crippen LogP contribution in [0.15, 0.2) is 60.0 Å². The summed E-state index contributed by atoms with van der Waals surface area (Å²) in [4.78, 5) is 24.7. The number of esters is 1. The summed E-state index contributed by atoms with van der Waals surface area (Å²) in [6.45, 7) is 2.08. The van der Waals surface area contributed by atoms with Crippen LogP contribution in [0, 0.1) is 0 Å². The number of carbonyl (C=O) groups excluding carboxylic acids is 2. The Morgan fingerprint density at radius 2 is 1.70 bits per heavy atom. The molecule has 0 radical (unpaired) electrons. The molecule has 6 heteroatoms. The minimum absolute atomic E-state index is 0.191. The van der Waals surface area contributed by atoms with Crippen LogP contribution in [-0.4, -0.2) is 25.6 Å². The first-order valence-corrected chi connectivity index (χ1v) is 9.30. The predicted octanol–water partition coefficient (Wildman–Crippen LogP) is 4.85. The highest BCUT2D eigenvalue weighted by molar-refractivity contribution is 7.12. The van der Waals surface area contributed by atoms with Crippen molar-refractivity contribution in [3.63, 3.8) is 0 Å². The average Bonchev–Trinajstić information content (AvgIpc) is 3.19. The van der Waals surface area contributed by atoms with E-state index in [4.69, 9.17) is 9.47 Å². The van der Waals surface area contributed by atoms with Gasteiger partial charge >= 0.3 is 5.97 Å². The van der Waals surface area contributed by atoms with Crippen molar-refractivity contribution < 1.29 is 19.1 Å². The summed E-state index contributed by atoms with van der Waals surface area (Å²) >= 11 is 1.38. The number of rotatable bonds is 6. The monoisotopic (exact) mass is 381 g/mol. The molecule has 1 N–H and O–H groups in total. The maximum atomic E-state index is 12.5. The molecule has 1 amide bonds. The fourth-order valence-electron chi connectivity index (χ4n) is 2.49. The van der Waals surface area contributed by atoms with Crippen LogP contribution >= 0.6 is 11.3 Å². The summed E-state index contributed by atoms with van der Waals surface area (Å²) in [5, 5.41) is 4.78. The van der Waals surface area contributed by atoms with Crippen molar-refractivity contribution in [3.8, 4) is 16.9 Å². The Kier molecular flexibility index (Phi) is 5.88. The highest BCUT2D eigenvalue weighted by atomic mass is 32.1. The van der Waals surface area contributed by atoms with Crippen molar-refractivity contribution >= 4 is 28.9 Å². The highest BCUT2D eigenvalue weighted by Gasteiger charge is 2.12. The summed E-state index contributed by atoms with van der Waals surface area (Å²) in [7, 11) is 1.63. The number of ether oxygens (including phenoxy) is 2. The van der Waals surface area contributed by atoms with Crippen molar-refractivity contribution in [3.05, 3.63) is 70.4 Å². The van der Waals surface area contributed by atoms with Crippen LogP contribution < -0.4 is 10.1 Å². The van der Waals surface area contributed by atoms with Crippen molar-refractivity contribution in [2.45, 2.75) is 6.92 Å². The van der Waals surface area contributed by atoms with Crippen LogP contribution in [0.4, 0.5) is 5.69 Å². The zero-order valence-corrected chi connectivity index (χ0v) is 15.8. The molecule has 27 heavy (non-hydrogen) atoms. The van der Waals surface area contributed by atoms with Gasteiger partial charge in [0.1, 0.15) is 5.75 Å². The third-order valence-corrected chi connectivity index (χ3v) is 4.83. The third-order valence-electron chi connectivity index (χ3n) is 3.90. The number of benzene rings is 2. The van der Waals surface area contributed by atoms with Gasteiger partial charge in [-0.3, -0.25) is 4.79 Å². The van der Waals surface area contributed by atoms with Crippen LogP contribution in [-0.2, 0) is 4.74 Å². The molecule has 1 aromatic heterocycles. The van der Waals surface area contributed by atoms with E-state index in [2.05, 4.69) is 5.32 Å². The average molecular weight is 381 g/mol. The molecule has 0 aliphatic heterocycles. The first-order valence-electron chi connectivity index (χ1n) is 8.42. The Hall–Kier alpha value is -3.12. The van der Waals surface area contributed by atoms with Crippen LogP contribution in [0.1, 0.15) is 27.0 Å². The zero-order chi connectivity index (χ0) is 19.2. The van der Waals surface area contributed by atoms with E-state index < -0.39 is 0 Å². The van der Waals surface area contributed by atoms with Crippen molar-refractivity contribution in [1.82, 2.24) is 0 Å². The Morgan fingerprint density at radius 1 is 1.00 bits per heavy atom. The fraction of sp³-hybridized carbons (Fsp3) is 0.143. The smallest absolute Gasteiger partial charge is 0.338 e. The summed E-state index contributed by atoms with van der Waals surface area (Å²) < 4.78 is 10.1. The van der Waals surface area contributed by atoms with Gasteiger partial charge in [0.25, 0.3) is 5.91 Å². The second-order valence-electron chi connectivity index (χ2n) is 5.68. The molecule has 0 aliphatic carbocycles. The van der Waals surface area contributed by atoms with Crippen molar-refractivity contribution in [1.29, 1.82) is 0 Å². The van der Waals surface area contributed by atoms with Gasteiger partial charge in [-0.2, -0.15) is 0 Å². The Morgan fingerprint density at radius 3 is 2.33 bits per heavy atom. The topological polar surface area (TPSA) is 64.6 Å². The first kappa shape index (κ1) is 18.7. The second-order valence-corrected chi connectivity index (χ2v) is 6.59. The number of hydrogen-bond acceptors (Lipinski definition) is 5. The van der Waals surface area contributed by atoms with Crippen LogP contribution in [0.5, 0.6) is 5.75 Å². The van der Waals surface area contributed by atoms with Gasteiger partial charge < -0.3 is 14.8 Å². The SMILES string of the molecule is CCOC(=O)c1ccc(NC(=O)c2cc(-c3ccc(OC)cc3)cs2)cc1. The van der Waals surface area contributed by atoms with Gasteiger partial charge in [-0.15, -0.1) is 11.3 Å². The minimum atomic E-state index is -0.377. The van der Waals surface area contributed by atoms with E-state index in [9.17, 15) is 9.59 Å². The van der Waals surface area contributed by atoms with E-state index in [1.54, 1.807) is 38.3 Å². The number of thiophene rings is 1. The molecule has 0 fully saturated rings. The van der Waals surface area contributed by atoms with Gasteiger partial charge in [0.15, 0.2) is 0 Å². The molecule has 0 saturated carbocycles. The van der Waals surface area contributed by atoms with Crippen LogP contribution in [0.3, 0.4) is 0 Å². The Bertz CT molecular complexity index is 930. The largest absolute Gasteiger partial charge is 0.497 e. The number of carbonyl (C=O) groups is 2. The van der Waals surface area contributed by atoms with Gasteiger partial charge in [0.05, 0.1) is 24.2 Å². The van der Waals surface area contributed by atoms with E-state index in [-0.39, 0.29) is 11.9 Å².